The van der Waals surface area contributed by atoms with Crippen LogP contribution in [0, 0.1) is 11.8 Å². The molecular weight excluding hydrogens is 238 g/mol. The van der Waals surface area contributed by atoms with E-state index < -0.39 is 0 Å². The van der Waals surface area contributed by atoms with Crippen molar-refractivity contribution in [1.29, 1.82) is 0 Å². The number of likely N-dealkylation sites (tertiary alicyclic amines) is 1. The smallest absolute Gasteiger partial charge is 0.119 e. The van der Waals surface area contributed by atoms with Gasteiger partial charge in [0.25, 0.3) is 0 Å². The van der Waals surface area contributed by atoms with Gasteiger partial charge in [0.15, 0.2) is 0 Å². The van der Waals surface area contributed by atoms with E-state index >= 15 is 0 Å². The van der Waals surface area contributed by atoms with Gasteiger partial charge < -0.3 is 14.4 Å². The summed E-state index contributed by atoms with van der Waals surface area (Å²) in [4.78, 5) is 2.57. The van der Waals surface area contributed by atoms with E-state index in [-0.39, 0.29) is 0 Å². The molecule has 1 aliphatic heterocycles. The van der Waals surface area contributed by atoms with Crippen molar-refractivity contribution in [1.82, 2.24) is 4.90 Å². The van der Waals surface area contributed by atoms with Crippen molar-refractivity contribution < 1.29 is 9.47 Å². The summed E-state index contributed by atoms with van der Waals surface area (Å²) in [5, 5.41) is 0. The SMILES string of the molecule is CCN1C[C@H]2C[C@@H](Oc3ccc(OC)cc3)C[C@H]2C1. The molecule has 1 aliphatic carbocycles. The Morgan fingerprint density at radius 1 is 1.05 bits per heavy atom. The summed E-state index contributed by atoms with van der Waals surface area (Å²) in [6.07, 6.45) is 2.84. The lowest BCUT2D eigenvalue weighted by Gasteiger charge is -2.18. The zero-order valence-electron chi connectivity index (χ0n) is 11.8. The molecule has 1 saturated heterocycles. The molecule has 0 N–H and O–H groups in total. The number of ether oxygens (including phenoxy) is 2. The summed E-state index contributed by atoms with van der Waals surface area (Å²) in [6, 6.07) is 7.93. The maximum absolute atomic E-state index is 6.11. The Morgan fingerprint density at radius 2 is 1.63 bits per heavy atom. The minimum absolute atomic E-state index is 0.405. The van der Waals surface area contributed by atoms with Crippen molar-refractivity contribution in [2.45, 2.75) is 25.9 Å². The number of fused-ring (bicyclic) bond motifs is 1. The third kappa shape index (κ3) is 2.71. The van der Waals surface area contributed by atoms with E-state index in [0.29, 0.717) is 6.10 Å². The number of methoxy groups -OCH3 is 1. The van der Waals surface area contributed by atoms with Gasteiger partial charge in [-0.3, -0.25) is 0 Å². The monoisotopic (exact) mass is 261 g/mol. The fourth-order valence-electron chi connectivity index (χ4n) is 3.54. The van der Waals surface area contributed by atoms with E-state index in [4.69, 9.17) is 9.47 Å². The predicted octanol–water partition coefficient (Wildman–Crippen LogP) is 2.80. The van der Waals surface area contributed by atoms with Crippen LogP contribution in [0.25, 0.3) is 0 Å². The number of benzene rings is 1. The highest BCUT2D eigenvalue weighted by Gasteiger charge is 2.41. The number of rotatable bonds is 4. The molecule has 0 spiro atoms. The molecule has 2 fully saturated rings. The molecule has 2 aliphatic rings. The van der Waals surface area contributed by atoms with Crippen molar-refractivity contribution >= 4 is 0 Å². The summed E-state index contributed by atoms with van der Waals surface area (Å²) in [7, 11) is 1.69. The minimum atomic E-state index is 0.405. The molecule has 1 aromatic carbocycles. The number of hydrogen-bond acceptors (Lipinski definition) is 3. The largest absolute Gasteiger partial charge is 0.497 e. The summed E-state index contributed by atoms with van der Waals surface area (Å²) in [6.45, 7) is 5.98. The second-order valence-corrected chi connectivity index (χ2v) is 5.76. The molecule has 0 bridgehead atoms. The van der Waals surface area contributed by atoms with Gasteiger partial charge in [-0.15, -0.1) is 0 Å². The van der Waals surface area contributed by atoms with Crippen molar-refractivity contribution in [3.8, 4) is 11.5 Å². The van der Waals surface area contributed by atoms with Crippen molar-refractivity contribution in [3.63, 3.8) is 0 Å². The first-order valence-corrected chi connectivity index (χ1v) is 7.31. The summed E-state index contributed by atoms with van der Waals surface area (Å²) in [5.74, 6) is 3.55. The number of hydrogen-bond donors (Lipinski definition) is 0. The zero-order valence-corrected chi connectivity index (χ0v) is 11.8. The molecule has 1 saturated carbocycles. The Kier molecular flexibility index (Phi) is 3.65. The first kappa shape index (κ1) is 12.8. The van der Waals surface area contributed by atoms with Gasteiger partial charge in [0, 0.05) is 13.1 Å². The molecule has 19 heavy (non-hydrogen) atoms. The maximum Gasteiger partial charge on any atom is 0.119 e. The standard InChI is InChI=1S/C16H23NO2/c1-3-17-10-12-8-16(9-13(12)11-17)19-15-6-4-14(18-2)5-7-15/h4-7,12-13,16H,3,8-11H2,1-2H3/t12-,13+,16-. The highest BCUT2D eigenvalue weighted by Crippen LogP contribution is 2.39. The Labute approximate surface area is 115 Å². The lowest BCUT2D eigenvalue weighted by atomic mass is 10.0. The lowest BCUT2D eigenvalue weighted by molar-refractivity contribution is 0.187. The molecular formula is C16H23NO2. The van der Waals surface area contributed by atoms with Crippen LogP contribution in [0.5, 0.6) is 11.5 Å². The van der Waals surface area contributed by atoms with Gasteiger partial charge in [-0.2, -0.15) is 0 Å². The Bertz CT molecular complexity index is 403. The van der Waals surface area contributed by atoms with Gasteiger partial charge in [-0.1, -0.05) is 6.92 Å². The highest BCUT2D eigenvalue weighted by atomic mass is 16.5. The molecule has 3 rings (SSSR count). The lowest BCUT2D eigenvalue weighted by Crippen LogP contribution is -2.24. The minimum Gasteiger partial charge on any atom is -0.497 e. The summed E-state index contributed by atoms with van der Waals surface area (Å²) >= 11 is 0. The highest BCUT2D eigenvalue weighted by molar-refractivity contribution is 5.31. The molecule has 3 heteroatoms. The van der Waals surface area contributed by atoms with Gasteiger partial charge in [0.2, 0.25) is 0 Å². The van der Waals surface area contributed by atoms with Crippen LogP contribution < -0.4 is 9.47 Å². The second-order valence-electron chi connectivity index (χ2n) is 5.76. The summed E-state index contributed by atoms with van der Waals surface area (Å²) < 4.78 is 11.3. The molecule has 104 valence electrons. The van der Waals surface area contributed by atoms with Crippen molar-refractivity contribution in [2.24, 2.45) is 11.8 Å². The molecule has 0 unspecified atom stereocenters. The van der Waals surface area contributed by atoms with E-state index in [1.807, 2.05) is 24.3 Å². The normalized spacial score (nSPS) is 30.3. The van der Waals surface area contributed by atoms with Crippen LogP contribution in [0.2, 0.25) is 0 Å². The van der Waals surface area contributed by atoms with E-state index in [2.05, 4.69) is 11.8 Å². The maximum atomic E-state index is 6.11. The van der Waals surface area contributed by atoms with Gasteiger partial charge >= 0.3 is 0 Å². The fourth-order valence-corrected chi connectivity index (χ4v) is 3.54. The van der Waals surface area contributed by atoms with Crippen LogP contribution in [-0.2, 0) is 0 Å². The molecule has 1 heterocycles. The van der Waals surface area contributed by atoms with E-state index in [1.54, 1.807) is 7.11 Å². The van der Waals surface area contributed by atoms with Gasteiger partial charge in [0.1, 0.15) is 11.5 Å². The Balaban J connectivity index is 1.55. The molecule has 0 radical (unpaired) electrons. The number of nitrogens with zero attached hydrogens (tertiary/aromatic N) is 1. The van der Waals surface area contributed by atoms with Gasteiger partial charge in [-0.05, 0) is 55.5 Å². The van der Waals surface area contributed by atoms with Gasteiger partial charge in [-0.25, -0.2) is 0 Å². The van der Waals surface area contributed by atoms with Crippen molar-refractivity contribution in [3.05, 3.63) is 24.3 Å². The molecule has 0 amide bonds. The topological polar surface area (TPSA) is 21.7 Å². The quantitative estimate of drug-likeness (QED) is 0.832. The van der Waals surface area contributed by atoms with E-state index in [1.165, 1.54) is 32.5 Å². The molecule has 3 atom stereocenters. The predicted molar refractivity (Wildman–Crippen MR) is 75.7 cm³/mol. The third-order valence-electron chi connectivity index (χ3n) is 4.59. The molecule has 0 aromatic heterocycles. The molecule has 1 aromatic rings. The van der Waals surface area contributed by atoms with Crippen molar-refractivity contribution in [2.75, 3.05) is 26.7 Å². The molecule has 3 nitrogen and oxygen atoms in total. The summed E-state index contributed by atoms with van der Waals surface area (Å²) in [5.41, 5.74) is 0. The Hall–Kier alpha value is -1.22. The average Bonchev–Trinajstić information content (AvgIpc) is 2.97. The van der Waals surface area contributed by atoms with Crippen LogP contribution >= 0.6 is 0 Å². The zero-order chi connectivity index (χ0) is 13.2. The van der Waals surface area contributed by atoms with E-state index in [0.717, 1.165) is 23.3 Å². The fraction of sp³-hybridized carbons (Fsp3) is 0.625. The first-order chi connectivity index (χ1) is 9.28. The Morgan fingerprint density at radius 3 is 2.16 bits per heavy atom. The first-order valence-electron chi connectivity index (χ1n) is 7.31. The third-order valence-corrected chi connectivity index (χ3v) is 4.59. The second kappa shape index (κ2) is 5.41. The van der Waals surface area contributed by atoms with Crippen LogP contribution in [0.4, 0.5) is 0 Å². The van der Waals surface area contributed by atoms with Crippen LogP contribution in [0.3, 0.4) is 0 Å². The van der Waals surface area contributed by atoms with Crippen LogP contribution in [-0.4, -0.2) is 37.7 Å². The average molecular weight is 261 g/mol. The van der Waals surface area contributed by atoms with Crippen LogP contribution in [0.15, 0.2) is 24.3 Å². The van der Waals surface area contributed by atoms with Crippen LogP contribution in [0.1, 0.15) is 19.8 Å². The van der Waals surface area contributed by atoms with E-state index in [9.17, 15) is 0 Å². The van der Waals surface area contributed by atoms with Gasteiger partial charge in [0.05, 0.1) is 13.2 Å².